The minimum absolute atomic E-state index is 0.126. The van der Waals surface area contributed by atoms with E-state index in [0.29, 0.717) is 25.0 Å². The van der Waals surface area contributed by atoms with Crippen molar-refractivity contribution in [2.45, 2.75) is 84.5 Å². The van der Waals surface area contributed by atoms with E-state index in [1.807, 2.05) is 41.7 Å². The van der Waals surface area contributed by atoms with Gasteiger partial charge in [-0.2, -0.15) is 0 Å². The molecule has 0 spiro atoms. The third-order valence-electron chi connectivity index (χ3n) is 6.35. The molecule has 1 aromatic rings. The third kappa shape index (κ3) is 7.54. The van der Waals surface area contributed by atoms with Gasteiger partial charge in [-0.25, -0.2) is 0 Å². The Morgan fingerprint density at radius 3 is 2.69 bits per heavy atom. The molecule has 0 aliphatic carbocycles. The van der Waals surface area contributed by atoms with Crippen molar-refractivity contribution in [3.05, 3.63) is 11.8 Å². The number of aromatic nitrogens is 1. The first-order valence-electron chi connectivity index (χ1n) is 11.9. The summed E-state index contributed by atoms with van der Waals surface area (Å²) in [6, 6.07) is 1.78. The Labute approximate surface area is 193 Å². The van der Waals surface area contributed by atoms with Crippen molar-refractivity contribution in [3.63, 3.8) is 0 Å². The zero-order chi connectivity index (χ0) is 23.8. The summed E-state index contributed by atoms with van der Waals surface area (Å²) < 4.78 is 22.5. The van der Waals surface area contributed by atoms with Crippen molar-refractivity contribution < 1.29 is 23.5 Å². The molecule has 0 saturated carbocycles. The molecule has 2 heterocycles. The van der Waals surface area contributed by atoms with Gasteiger partial charge in [0, 0.05) is 31.3 Å². The quantitative estimate of drug-likeness (QED) is 0.422. The molecule has 2 rings (SSSR count). The number of hydrogen-bond acceptors (Lipinski definition) is 7. The number of carbonyl (C=O) groups is 1. The summed E-state index contributed by atoms with van der Waals surface area (Å²) in [6.07, 6.45) is 3.74. The fourth-order valence-corrected chi connectivity index (χ4v) is 3.57. The molecular weight excluding hydrogens is 410 g/mol. The van der Waals surface area contributed by atoms with Gasteiger partial charge >= 0.3 is 0 Å². The lowest BCUT2D eigenvalue weighted by atomic mass is 9.90. The van der Waals surface area contributed by atoms with Crippen LogP contribution in [0.3, 0.4) is 0 Å². The van der Waals surface area contributed by atoms with Gasteiger partial charge in [0.05, 0.1) is 17.8 Å². The summed E-state index contributed by atoms with van der Waals surface area (Å²) in [5.74, 6) is 0.801. The van der Waals surface area contributed by atoms with Crippen LogP contribution < -0.4 is 5.32 Å². The molecule has 184 valence electrons. The number of nitrogens with zero attached hydrogens (tertiary/aromatic N) is 2. The lowest BCUT2D eigenvalue weighted by Crippen LogP contribution is -2.51. The van der Waals surface area contributed by atoms with E-state index in [1.165, 1.54) is 0 Å². The van der Waals surface area contributed by atoms with Gasteiger partial charge in [0.15, 0.2) is 6.29 Å². The van der Waals surface area contributed by atoms with Crippen molar-refractivity contribution >= 4 is 11.8 Å². The van der Waals surface area contributed by atoms with Gasteiger partial charge in [0.25, 0.3) is 0 Å². The molecule has 0 radical (unpaired) electrons. The maximum atomic E-state index is 13.0. The molecule has 32 heavy (non-hydrogen) atoms. The van der Waals surface area contributed by atoms with E-state index < -0.39 is 5.54 Å². The van der Waals surface area contributed by atoms with Crippen LogP contribution in [0.2, 0.25) is 0 Å². The molecule has 8 heteroatoms. The number of carbonyl (C=O) groups excluding carboxylic acids is 1. The van der Waals surface area contributed by atoms with Crippen molar-refractivity contribution in [1.29, 1.82) is 0 Å². The minimum atomic E-state index is -0.685. The maximum Gasteiger partial charge on any atom is 0.246 e. The van der Waals surface area contributed by atoms with E-state index in [9.17, 15) is 4.79 Å². The highest BCUT2D eigenvalue weighted by atomic mass is 16.7. The fraction of sp³-hybridized carbons (Fsp3) is 0.833. The van der Waals surface area contributed by atoms with E-state index in [2.05, 4.69) is 22.3 Å². The highest BCUT2D eigenvalue weighted by Gasteiger charge is 2.34. The molecule has 1 unspecified atom stereocenters. The van der Waals surface area contributed by atoms with E-state index in [0.717, 1.165) is 51.1 Å². The summed E-state index contributed by atoms with van der Waals surface area (Å²) in [4.78, 5) is 15.1. The van der Waals surface area contributed by atoms with Gasteiger partial charge in [-0.1, -0.05) is 32.3 Å². The number of likely N-dealkylation sites (N-methyl/N-ethyl adjacent to an activating group) is 1. The van der Waals surface area contributed by atoms with Crippen LogP contribution in [0.5, 0.6) is 0 Å². The van der Waals surface area contributed by atoms with Crippen LogP contribution in [0, 0.1) is 5.92 Å². The van der Waals surface area contributed by atoms with Gasteiger partial charge in [0.2, 0.25) is 11.8 Å². The smallest absolute Gasteiger partial charge is 0.246 e. The first-order chi connectivity index (χ1) is 15.1. The zero-order valence-electron chi connectivity index (χ0n) is 21.0. The van der Waals surface area contributed by atoms with E-state index in [4.69, 9.17) is 18.7 Å². The molecule has 0 bridgehead atoms. The van der Waals surface area contributed by atoms with Crippen LogP contribution in [0.25, 0.3) is 0 Å². The first-order valence-corrected chi connectivity index (χ1v) is 11.9. The number of hydrogen-bond donors (Lipinski definition) is 1. The topological polar surface area (TPSA) is 86.1 Å². The average Bonchev–Trinajstić information content (AvgIpc) is 3.43. The molecule has 0 aromatic carbocycles. The van der Waals surface area contributed by atoms with Crippen LogP contribution in [0.4, 0.5) is 5.88 Å². The normalized spacial score (nSPS) is 18.3. The molecule has 1 N–H and O–H groups in total. The van der Waals surface area contributed by atoms with Gasteiger partial charge in [-0.3, -0.25) is 15.0 Å². The summed E-state index contributed by atoms with van der Waals surface area (Å²) >= 11 is 0. The molecular formula is C24H43N3O5. The number of rotatable bonds is 14. The lowest BCUT2D eigenvalue weighted by molar-refractivity contribution is -0.152. The summed E-state index contributed by atoms with van der Waals surface area (Å²) in [6.45, 7) is 15.5. The second-order valence-corrected chi connectivity index (χ2v) is 9.90. The van der Waals surface area contributed by atoms with Crippen molar-refractivity contribution in [1.82, 2.24) is 10.1 Å². The van der Waals surface area contributed by atoms with Crippen LogP contribution in [-0.4, -0.2) is 67.8 Å². The van der Waals surface area contributed by atoms with Crippen molar-refractivity contribution in [2.24, 2.45) is 5.92 Å². The Morgan fingerprint density at radius 2 is 2.06 bits per heavy atom. The highest BCUT2D eigenvalue weighted by molar-refractivity contribution is 5.96. The average molecular weight is 454 g/mol. The highest BCUT2D eigenvalue weighted by Crippen LogP contribution is 2.27. The largest absolute Gasteiger partial charge is 0.381 e. The Morgan fingerprint density at radius 1 is 1.31 bits per heavy atom. The first kappa shape index (κ1) is 26.8. The van der Waals surface area contributed by atoms with Crippen LogP contribution >= 0.6 is 0 Å². The summed E-state index contributed by atoms with van der Waals surface area (Å²) in [5.41, 5.74) is -0.340. The predicted molar refractivity (Wildman–Crippen MR) is 125 cm³/mol. The Hall–Kier alpha value is -1.48. The standard InChI is InChI=1S/C24H43N3O5/c1-8-10-21(30-9-2)31-17-23(3,4)19-15-20(32-26-19)25-22(28)24(5,6)27(7)13-11-18-12-14-29-16-18/h15,18,21H,8-14,16-17H2,1-7H3,(H,25,28)/t18-,21?/m0/s1. The zero-order valence-corrected chi connectivity index (χ0v) is 21.0. The summed E-state index contributed by atoms with van der Waals surface area (Å²) in [5, 5.41) is 7.08. The lowest BCUT2D eigenvalue weighted by Gasteiger charge is -2.34. The van der Waals surface area contributed by atoms with Gasteiger partial charge in [0.1, 0.15) is 0 Å². The van der Waals surface area contributed by atoms with Gasteiger partial charge in [-0.15, -0.1) is 0 Å². The van der Waals surface area contributed by atoms with Gasteiger partial charge < -0.3 is 18.7 Å². The Balaban J connectivity index is 1.91. The molecule has 8 nitrogen and oxygen atoms in total. The van der Waals surface area contributed by atoms with Gasteiger partial charge in [-0.05, 0) is 59.5 Å². The predicted octanol–water partition coefficient (Wildman–Crippen LogP) is 4.21. The Bertz CT molecular complexity index is 692. The molecule has 1 aromatic heterocycles. The molecule has 2 atom stereocenters. The van der Waals surface area contributed by atoms with E-state index in [1.54, 1.807) is 6.07 Å². The van der Waals surface area contributed by atoms with E-state index in [-0.39, 0.29) is 17.6 Å². The minimum Gasteiger partial charge on any atom is -0.381 e. The van der Waals surface area contributed by atoms with Crippen molar-refractivity contribution in [3.8, 4) is 0 Å². The molecule has 1 aliphatic heterocycles. The monoisotopic (exact) mass is 453 g/mol. The third-order valence-corrected chi connectivity index (χ3v) is 6.35. The fourth-order valence-electron chi connectivity index (χ4n) is 3.57. The SMILES string of the molecule is CCCC(OCC)OCC(C)(C)c1cc(NC(=O)C(C)(C)N(C)CC[C@H]2CCOC2)on1. The molecule has 1 aliphatic rings. The molecule has 1 fully saturated rings. The van der Waals surface area contributed by atoms with Crippen LogP contribution in [0.15, 0.2) is 10.6 Å². The number of nitrogens with one attached hydrogen (secondary N) is 1. The Kier molecular flexibility index (Phi) is 10.1. The molecule has 1 saturated heterocycles. The second-order valence-electron chi connectivity index (χ2n) is 9.90. The van der Waals surface area contributed by atoms with Crippen molar-refractivity contribution in [2.75, 3.05) is 45.3 Å². The van der Waals surface area contributed by atoms with Crippen LogP contribution in [-0.2, 0) is 24.4 Å². The summed E-state index contributed by atoms with van der Waals surface area (Å²) in [7, 11) is 1.98. The van der Waals surface area contributed by atoms with E-state index >= 15 is 0 Å². The second kappa shape index (κ2) is 12.1. The molecule has 1 amide bonds. The van der Waals surface area contributed by atoms with Crippen LogP contribution in [0.1, 0.15) is 72.9 Å². The maximum absolute atomic E-state index is 13.0. The number of amides is 1. The number of anilines is 1. The number of ether oxygens (including phenoxy) is 3.